The van der Waals surface area contributed by atoms with Crippen molar-refractivity contribution in [3.63, 3.8) is 0 Å². The molecule has 2 aromatic rings. The molecule has 0 bridgehead atoms. The third-order valence-electron chi connectivity index (χ3n) is 4.28. The summed E-state index contributed by atoms with van der Waals surface area (Å²) in [6, 6.07) is 9.84. The van der Waals surface area contributed by atoms with Crippen LogP contribution >= 0.6 is 0 Å². The van der Waals surface area contributed by atoms with Gasteiger partial charge in [-0.1, -0.05) is 18.2 Å². The minimum absolute atomic E-state index is 0.000566. The van der Waals surface area contributed by atoms with Gasteiger partial charge >= 0.3 is 6.03 Å². The Morgan fingerprint density at radius 2 is 2.21 bits per heavy atom. The molecule has 1 saturated heterocycles. The van der Waals surface area contributed by atoms with E-state index in [0.29, 0.717) is 13.2 Å². The molecule has 1 aliphatic rings. The molecule has 1 atom stereocenters. The molecule has 24 heavy (non-hydrogen) atoms. The van der Waals surface area contributed by atoms with Gasteiger partial charge < -0.3 is 15.0 Å². The number of piperidine rings is 1. The van der Waals surface area contributed by atoms with Crippen molar-refractivity contribution in [2.24, 2.45) is 0 Å². The second-order valence-electron chi connectivity index (χ2n) is 5.98. The minimum Gasteiger partial charge on any atom is -0.494 e. The Balaban J connectivity index is 1.42. The van der Waals surface area contributed by atoms with E-state index >= 15 is 0 Å². The number of carbonyl (C=O) groups excluding carboxylic acids is 1. The largest absolute Gasteiger partial charge is 0.494 e. The highest BCUT2D eigenvalue weighted by Crippen LogP contribution is 2.30. The van der Waals surface area contributed by atoms with Crippen molar-refractivity contribution >= 4 is 6.03 Å². The molecule has 1 aliphatic heterocycles. The number of nitrogens with zero attached hydrogens (tertiary/aromatic N) is 2. The first-order valence-corrected chi connectivity index (χ1v) is 8.55. The van der Waals surface area contributed by atoms with Crippen molar-refractivity contribution in [3.8, 4) is 5.75 Å². The number of urea groups is 1. The second-order valence-corrected chi connectivity index (χ2v) is 5.98. The summed E-state index contributed by atoms with van der Waals surface area (Å²) in [5.74, 6) is 0.861. The van der Waals surface area contributed by atoms with Crippen LogP contribution in [0, 0.1) is 0 Å². The van der Waals surface area contributed by atoms with E-state index in [-0.39, 0.29) is 12.1 Å². The Hall–Kier alpha value is -2.50. The summed E-state index contributed by atoms with van der Waals surface area (Å²) in [5, 5.41) is 9.85. The van der Waals surface area contributed by atoms with Crippen LogP contribution in [0.2, 0.25) is 0 Å². The standard InChI is InChI=1S/C18H24N4O2/c23-18(19-10-6-12-24-16-7-2-1-3-8-16)22-11-5-4-9-17(22)15-13-20-21-14-15/h1-3,7-8,13-14,17H,4-6,9-12H2,(H,19,23)(H,20,21)/t17-/m1/s1. The van der Waals surface area contributed by atoms with Crippen molar-refractivity contribution in [1.29, 1.82) is 0 Å². The molecular weight excluding hydrogens is 304 g/mol. The average molecular weight is 328 g/mol. The van der Waals surface area contributed by atoms with E-state index in [9.17, 15) is 4.79 Å². The molecular formula is C18H24N4O2. The van der Waals surface area contributed by atoms with Crippen LogP contribution < -0.4 is 10.1 Å². The number of rotatable bonds is 6. The maximum absolute atomic E-state index is 12.5. The number of ether oxygens (including phenoxy) is 1. The first-order chi connectivity index (χ1) is 11.8. The molecule has 0 radical (unpaired) electrons. The van der Waals surface area contributed by atoms with Gasteiger partial charge in [0.05, 0.1) is 18.8 Å². The summed E-state index contributed by atoms with van der Waals surface area (Å²) < 4.78 is 5.64. The van der Waals surface area contributed by atoms with Gasteiger partial charge in [-0.05, 0) is 37.8 Å². The van der Waals surface area contributed by atoms with E-state index in [4.69, 9.17) is 4.74 Å². The summed E-state index contributed by atoms with van der Waals surface area (Å²) >= 11 is 0. The Morgan fingerprint density at radius 3 is 3.00 bits per heavy atom. The van der Waals surface area contributed by atoms with Crippen molar-refractivity contribution < 1.29 is 9.53 Å². The van der Waals surface area contributed by atoms with E-state index in [1.54, 1.807) is 0 Å². The molecule has 1 fully saturated rings. The zero-order valence-electron chi connectivity index (χ0n) is 13.8. The summed E-state index contributed by atoms with van der Waals surface area (Å²) in [6.07, 6.45) is 7.66. The lowest BCUT2D eigenvalue weighted by atomic mass is 9.98. The van der Waals surface area contributed by atoms with Crippen LogP contribution in [-0.2, 0) is 0 Å². The van der Waals surface area contributed by atoms with E-state index in [1.165, 1.54) is 0 Å². The molecule has 6 nitrogen and oxygen atoms in total. The van der Waals surface area contributed by atoms with Crippen LogP contribution in [0.4, 0.5) is 4.79 Å². The number of H-pyrrole nitrogens is 1. The van der Waals surface area contributed by atoms with Gasteiger partial charge in [0.2, 0.25) is 0 Å². The third-order valence-corrected chi connectivity index (χ3v) is 4.28. The Labute approximate surface area is 142 Å². The summed E-state index contributed by atoms with van der Waals surface area (Å²) in [4.78, 5) is 14.4. The highest BCUT2D eigenvalue weighted by molar-refractivity contribution is 5.74. The fraction of sp³-hybridized carbons (Fsp3) is 0.444. The van der Waals surface area contributed by atoms with Crippen LogP contribution in [0.3, 0.4) is 0 Å². The summed E-state index contributed by atoms with van der Waals surface area (Å²) in [6.45, 7) is 2.00. The SMILES string of the molecule is O=C(NCCCOc1ccccc1)N1CCCC[C@@H]1c1cn[nH]c1. The quantitative estimate of drug-likeness (QED) is 0.801. The Bertz CT molecular complexity index is 615. The molecule has 1 aromatic carbocycles. The first kappa shape index (κ1) is 16.4. The van der Waals surface area contributed by atoms with Crippen LogP contribution in [0.15, 0.2) is 42.7 Å². The molecule has 1 aromatic heterocycles. The fourth-order valence-electron chi connectivity index (χ4n) is 3.04. The molecule has 0 saturated carbocycles. The highest BCUT2D eigenvalue weighted by Gasteiger charge is 2.28. The number of amides is 2. The first-order valence-electron chi connectivity index (χ1n) is 8.55. The summed E-state index contributed by atoms with van der Waals surface area (Å²) in [7, 11) is 0. The smallest absolute Gasteiger partial charge is 0.317 e. The van der Waals surface area contributed by atoms with Gasteiger partial charge in [-0.2, -0.15) is 5.10 Å². The Morgan fingerprint density at radius 1 is 1.33 bits per heavy atom. The molecule has 128 valence electrons. The molecule has 2 heterocycles. The van der Waals surface area contributed by atoms with Gasteiger partial charge in [0.25, 0.3) is 0 Å². The molecule has 3 rings (SSSR count). The van der Waals surface area contributed by atoms with Gasteiger partial charge in [0.15, 0.2) is 0 Å². The zero-order chi connectivity index (χ0) is 16.6. The minimum atomic E-state index is 0.000566. The molecule has 0 unspecified atom stereocenters. The number of likely N-dealkylation sites (tertiary alicyclic amines) is 1. The number of hydrogen-bond donors (Lipinski definition) is 2. The lowest BCUT2D eigenvalue weighted by Crippen LogP contribution is -2.45. The Kier molecular flexibility index (Phi) is 5.71. The van der Waals surface area contributed by atoms with Crippen molar-refractivity contribution in [3.05, 3.63) is 48.3 Å². The fourth-order valence-corrected chi connectivity index (χ4v) is 3.04. The molecule has 0 aliphatic carbocycles. The molecule has 6 heteroatoms. The highest BCUT2D eigenvalue weighted by atomic mass is 16.5. The van der Waals surface area contributed by atoms with Gasteiger partial charge in [-0.15, -0.1) is 0 Å². The summed E-state index contributed by atoms with van der Waals surface area (Å²) in [5.41, 5.74) is 1.08. The van der Waals surface area contributed by atoms with E-state index in [0.717, 1.165) is 43.5 Å². The number of aromatic nitrogens is 2. The monoisotopic (exact) mass is 328 g/mol. The maximum Gasteiger partial charge on any atom is 0.317 e. The number of aromatic amines is 1. The maximum atomic E-state index is 12.5. The van der Waals surface area contributed by atoms with E-state index in [2.05, 4.69) is 15.5 Å². The zero-order valence-corrected chi connectivity index (χ0v) is 13.8. The number of carbonyl (C=O) groups is 1. The van der Waals surface area contributed by atoms with Gasteiger partial charge in [0, 0.05) is 24.8 Å². The van der Waals surface area contributed by atoms with Crippen molar-refractivity contribution in [2.75, 3.05) is 19.7 Å². The van der Waals surface area contributed by atoms with Crippen molar-refractivity contribution in [1.82, 2.24) is 20.4 Å². The third kappa shape index (κ3) is 4.28. The lowest BCUT2D eigenvalue weighted by molar-refractivity contribution is 0.151. The van der Waals surface area contributed by atoms with Crippen molar-refractivity contribution in [2.45, 2.75) is 31.7 Å². The number of nitrogens with one attached hydrogen (secondary N) is 2. The number of para-hydroxylation sites is 1. The topological polar surface area (TPSA) is 70.2 Å². The second kappa shape index (κ2) is 8.38. The van der Waals surface area contributed by atoms with Gasteiger partial charge in [-0.3, -0.25) is 5.10 Å². The van der Waals surface area contributed by atoms with E-state index < -0.39 is 0 Å². The van der Waals surface area contributed by atoms with Crippen LogP contribution in [0.1, 0.15) is 37.3 Å². The van der Waals surface area contributed by atoms with Crippen LogP contribution in [0.25, 0.3) is 0 Å². The predicted molar refractivity (Wildman–Crippen MR) is 91.8 cm³/mol. The molecule has 2 amide bonds. The molecule has 0 spiro atoms. The number of benzene rings is 1. The number of hydrogen-bond acceptors (Lipinski definition) is 3. The average Bonchev–Trinajstić information content (AvgIpc) is 3.17. The van der Waals surface area contributed by atoms with Gasteiger partial charge in [-0.25, -0.2) is 4.79 Å². The predicted octanol–water partition coefficient (Wildman–Crippen LogP) is 3.12. The normalized spacial score (nSPS) is 17.5. The van der Waals surface area contributed by atoms with Gasteiger partial charge in [0.1, 0.15) is 5.75 Å². The molecule has 2 N–H and O–H groups in total. The van der Waals surface area contributed by atoms with Crippen LogP contribution in [-0.4, -0.2) is 40.8 Å². The van der Waals surface area contributed by atoms with E-state index in [1.807, 2.05) is 47.6 Å². The lowest BCUT2D eigenvalue weighted by Gasteiger charge is -2.35. The van der Waals surface area contributed by atoms with Crippen LogP contribution in [0.5, 0.6) is 5.75 Å².